The molecule has 0 N–H and O–H groups in total. The summed E-state index contributed by atoms with van der Waals surface area (Å²) in [5.41, 5.74) is 0. The van der Waals surface area contributed by atoms with Crippen molar-refractivity contribution in [3.8, 4) is 0 Å². The molecule has 0 fully saturated rings. The third-order valence-corrected chi connectivity index (χ3v) is 4.42. The first-order chi connectivity index (χ1) is 7.85. The zero-order chi connectivity index (χ0) is 12.1. The average molecular weight is 335 g/mol. The molecule has 0 radical (unpaired) electrons. The Labute approximate surface area is 112 Å². The Morgan fingerprint density at radius 1 is 0.875 bits per heavy atom. The molecule has 0 amide bonds. The van der Waals surface area contributed by atoms with E-state index in [4.69, 9.17) is 3.07 Å². The third-order valence-electron chi connectivity index (χ3n) is 3.01. The van der Waals surface area contributed by atoms with Crippen molar-refractivity contribution >= 4 is 21.5 Å². The monoisotopic (exact) mass is 336 g/mol. The van der Waals surface area contributed by atoms with E-state index in [1.807, 2.05) is 0 Å². The van der Waals surface area contributed by atoms with E-state index < -0.39 is 21.5 Å². The molecule has 0 aromatic rings. The van der Waals surface area contributed by atoms with Crippen molar-refractivity contribution in [1.82, 2.24) is 0 Å². The Balaban J connectivity index is 3.39. The van der Waals surface area contributed by atoms with Crippen molar-refractivity contribution in [2.24, 2.45) is 0 Å². The first-order valence-corrected chi connectivity index (χ1v) is 9.63. The Morgan fingerprint density at radius 2 is 1.44 bits per heavy atom. The molecule has 16 heavy (non-hydrogen) atoms. The molecule has 0 saturated heterocycles. The van der Waals surface area contributed by atoms with Gasteiger partial charge in [0, 0.05) is 0 Å². The zero-order valence-corrected chi connectivity index (χ0v) is 14.3. The van der Waals surface area contributed by atoms with Gasteiger partial charge < -0.3 is 0 Å². The van der Waals surface area contributed by atoms with E-state index in [-0.39, 0.29) is 0 Å². The Kier molecular flexibility index (Phi) is 14.1. The van der Waals surface area contributed by atoms with E-state index in [1.54, 1.807) is 0 Å². The second-order valence-corrected chi connectivity index (χ2v) is 5.88. The molecule has 0 aromatic heterocycles. The van der Waals surface area contributed by atoms with Crippen LogP contribution in [0.1, 0.15) is 78.1 Å². The van der Waals surface area contributed by atoms with Crippen LogP contribution >= 0.6 is 0 Å². The molecule has 0 aromatic carbocycles. The van der Waals surface area contributed by atoms with Gasteiger partial charge in [-0.2, -0.15) is 0 Å². The number of unbranched alkanes of at least 4 members (excludes halogenated alkanes) is 6. The van der Waals surface area contributed by atoms with Gasteiger partial charge in [0.2, 0.25) is 0 Å². The van der Waals surface area contributed by atoms with Gasteiger partial charge in [-0.25, -0.2) is 0 Å². The van der Waals surface area contributed by atoms with Crippen LogP contribution in [-0.2, 0) is 6.15 Å². The van der Waals surface area contributed by atoms with Gasteiger partial charge in [0.25, 0.3) is 0 Å². The number of hydrogen-bond donors (Lipinski definition) is 0. The average Bonchev–Trinajstić information content (AvgIpc) is 2.30. The normalized spacial score (nSPS) is 12.6. The SMILES string of the molecule is CCCCCCCCC(CCCC)[O][SnH]=[O]. The van der Waals surface area contributed by atoms with Crippen molar-refractivity contribution < 1.29 is 6.15 Å². The van der Waals surface area contributed by atoms with Crippen molar-refractivity contribution in [3.63, 3.8) is 0 Å². The second-order valence-electron chi connectivity index (χ2n) is 4.55. The van der Waals surface area contributed by atoms with E-state index in [0.29, 0.717) is 6.10 Å². The van der Waals surface area contributed by atoms with Crippen molar-refractivity contribution in [2.75, 3.05) is 0 Å². The molecule has 0 bridgehead atoms. The van der Waals surface area contributed by atoms with Gasteiger partial charge >= 0.3 is 112 Å². The first kappa shape index (κ1) is 16.6. The molecule has 0 aliphatic heterocycles. The summed E-state index contributed by atoms with van der Waals surface area (Å²) in [6.45, 7) is 4.44. The van der Waals surface area contributed by atoms with Crippen LogP contribution in [-0.4, -0.2) is 27.6 Å². The van der Waals surface area contributed by atoms with E-state index >= 15 is 0 Å². The van der Waals surface area contributed by atoms with E-state index in [9.17, 15) is 3.08 Å². The molecule has 96 valence electrons. The van der Waals surface area contributed by atoms with Crippen LogP contribution in [0.3, 0.4) is 0 Å². The van der Waals surface area contributed by atoms with E-state index in [0.717, 1.165) is 12.8 Å². The van der Waals surface area contributed by atoms with Crippen molar-refractivity contribution in [3.05, 3.63) is 0 Å². The van der Waals surface area contributed by atoms with Crippen LogP contribution in [0.5, 0.6) is 0 Å². The second kappa shape index (κ2) is 13.6. The summed E-state index contributed by atoms with van der Waals surface area (Å²) in [5, 5.41) is 0. The number of rotatable bonds is 12. The van der Waals surface area contributed by atoms with Crippen LogP contribution in [0, 0.1) is 0 Å². The van der Waals surface area contributed by atoms with Crippen LogP contribution < -0.4 is 0 Å². The Morgan fingerprint density at radius 3 is 2.06 bits per heavy atom. The van der Waals surface area contributed by atoms with Gasteiger partial charge in [-0.15, -0.1) is 0 Å². The molecule has 0 heterocycles. The summed E-state index contributed by atoms with van der Waals surface area (Å²) in [4.78, 5) is 0. The van der Waals surface area contributed by atoms with E-state index in [2.05, 4.69) is 13.8 Å². The van der Waals surface area contributed by atoms with Crippen LogP contribution in [0.25, 0.3) is 0 Å². The molecule has 0 spiro atoms. The summed E-state index contributed by atoms with van der Waals surface area (Å²) in [6.07, 6.45) is 12.9. The van der Waals surface area contributed by atoms with Crippen LogP contribution in [0.4, 0.5) is 0 Å². The minimum atomic E-state index is -1.86. The summed E-state index contributed by atoms with van der Waals surface area (Å²) in [6, 6.07) is 0. The summed E-state index contributed by atoms with van der Waals surface area (Å²) >= 11 is -1.86. The third kappa shape index (κ3) is 11.1. The van der Waals surface area contributed by atoms with Crippen molar-refractivity contribution in [2.45, 2.75) is 84.2 Å². The first-order valence-electron chi connectivity index (χ1n) is 6.94. The molecule has 0 rings (SSSR count). The Bertz CT molecular complexity index is 151. The molecule has 2 nitrogen and oxygen atoms in total. The fraction of sp³-hybridized carbons (Fsp3) is 1.00. The predicted octanol–water partition coefficient (Wildman–Crippen LogP) is 4.01. The van der Waals surface area contributed by atoms with Crippen LogP contribution in [0.2, 0.25) is 0 Å². The molecular formula is C13H28O2Sn. The fourth-order valence-corrected chi connectivity index (χ4v) is 3.17. The molecule has 0 aliphatic carbocycles. The maximum atomic E-state index is 10.6. The van der Waals surface area contributed by atoms with Gasteiger partial charge in [0.05, 0.1) is 0 Å². The minimum absolute atomic E-state index is 0.310. The van der Waals surface area contributed by atoms with Gasteiger partial charge in [-0.1, -0.05) is 0 Å². The molecule has 3 heteroatoms. The maximum absolute atomic E-state index is 10.6. The summed E-state index contributed by atoms with van der Waals surface area (Å²) < 4.78 is 16.1. The van der Waals surface area contributed by atoms with E-state index in [1.165, 1.54) is 51.4 Å². The molecule has 0 aliphatic rings. The fourth-order valence-electron chi connectivity index (χ4n) is 1.94. The quantitative estimate of drug-likeness (QED) is 0.398. The van der Waals surface area contributed by atoms with Gasteiger partial charge in [0.15, 0.2) is 0 Å². The summed E-state index contributed by atoms with van der Waals surface area (Å²) in [7, 11) is 0. The zero-order valence-electron chi connectivity index (χ0n) is 11.0. The topological polar surface area (TPSA) is 26.3 Å². The number of hydrogen-bond acceptors (Lipinski definition) is 2. The van der Waals surface area contributed by atoms with Gasteiger partial charge in [-0.3, -0.25) is 0 Å². The predicted molar refractivity (Wildman–Crippen MR) is 70.2 cm³/mol. The molecule has 1 unspecified atom stereocenters. The van der Waals surface area contributed by atoms with Crippen molar-refractivity contribution in [1.29, 1.82) is 0 Å². The Hall–Kier alpha value is 0.559. The molecule has 1 atom stereocenters. The van der Waals surface area contributed by atoms with Crippen LogP contribution in [0.15, 0.2) is 0 Å². The van der Waals surface area contributed by atoms with Gasteiger partial charge in [0.1, 0.15) is 0 Å². The van der Waals surface area contributed by atoms with Gasteiger partial charge in [-0.05, 0) is 0 Å². The summed E-state index contributed by atoms with van der Waals surface area (Å²) in [5.74, 6) is 0. The standard InChI is InChI=1S/C13H27O.O.Sn.H/c1-3-5-7-8-9-10-12-13(14)11-6-4-2;;;/h13H,3-12H2,1-2H3;;;/q-1;;+1;. The molecular weight excluding hydrogens is 307 g/mol. The molecule has 0 saturated carbocycles.